The third-order valence-corrected chi connectivity index (χ3v) is 4.54. The third kappa shape index (κ3) is 3.04. The standard InChI is InChI=1S/C14H25NO3/c1-10-5-7-14(9-16,8-6-10)15-12(11-3-4-11)13(17)18-2/h10-12,15-16H,3-9H2,1-2H3. The molecule has 0 saturated heterocycles. The highest BCUT2D eigenvalue weighted by Gasteiger charge is 2.43. The predicted octanol–water partition coefficient (Wildman–Crippen LogP) is 1.47. The fourth-order valence-electron chi connectivity index (χ4n) is 2.92. The summed E-state index contributed by atoms with van der Waals surface area (Å²) in [5.41, 5.74) is -0.270. The SMILES string of the molecule is COC(=O)C(NC1(CO)CCC(C)CC1)C1CC1. The van der Waals surface area contributed by atoms with E-state index in [1.54, 1.807) is 0 Å². The molecule has 2 N–H and O–H groups in total. The smallest absolute Gasteiger partial charge is 0.323 e. The van der Waals surface area contributed by atoms with Gasteiger partial charge in [-0.05, 0) is 50.4 Å². The van der Waals surface area contributed by atoms with Crippen LogP contribution >= 0.6 is 0 Å². The number of hydrogen-bond acceptors (Lipinski definition) is 4. The van der Waals surface area contributed by atoms with Crippen molar-refractivity contribution >= 4 is 5.97 Å². The number of carbonyl (C=O) groups excluding carboxylic acids is 1. The van der Waals surface area contributed by atoms with Gasteiger partial charge in [-0.25, -0.2) is 0 Å². The largest absolute Gasteiger partial charge is 0.468 e. The van der Waals surface area contributed by atoms with Gasteiger partial charge in [-0.3, -0.25) is 10.1 Å². The molecule has 0 bridgehead atoms. The number of carbonyl (C=O) groups is 1. The monoisotopic (exact) mass is 255 g/mol. The first kappa shape index (κ1) is 13.8. The summed E-state index contributed by atoms with van der Waals surface area (Å²) in [5.74, 6) is 0.952. The van der Waals surface area contributed by atoms with Crippen LogP contribution in [-0.4, -0.2) is 36.4 Å². The maximum absolute atomic E-state index is 11.8. The fourth-order valence-corrected chi connectivity index (χ4v) is 2.92. The summed E-state index contributed by atoms with van der Waals surface area (Å²) in [6, 6.07) is -0.226. The number of methoxy groups -OCH3 is 1. The van der Waals surface area contributed by atoms with Crippen LogP contribution in [0.3, 0.4) is 0 Å². The molecule has 0 spiro atoms. The maximum atomic E-state index is 11.8. The molecule has 0 aliphatic heterocycles. The van der Waals surface area contributed by atoms with Crippen molar-refractivity contribution in [1.29, 1.82) is 0 Å². The molecule has 18 heavy (non-hydrogen) atoms. The quantitative estimate of drug-likeness (QED) is 0.730. The topological polar surface area (TPSA) is 58.6 Å². The second-order valence-corrected chi connectivity index (χ2v) is 6.10. The highest BCUT2D eigenvalue weighted by Crippen LogP contribution is 2.37. The van der Waals surface area contributed by atoms with E-state index in [0.717, 1.165) is 44.4 Å². The minimum absolute atomic E-state index is 0.111. The van der Waals surface area contributed by atoms with Gasteiger partial charge in [-0.15, -0.1) is 0 Å². The Morgan fingerprint density at radius 2 is 2.00 bits per heavy atom. The lowest BCUT2D eigenvalue weighted by Crippen LogP contribution is -2.57. The minimum Gasteiger partial charge on any atom is -0.468 e. The van der Waals surface area contributed by atoms with Gasteiger partial charge in [0, 0.05) is 5.54 Å². The molecule has 2 rings (SSSR count). The zero-order chi connectivity index (χ0) is 13.2. The lowest BCUT2D eigenvalue weighted by molar-refractivity contribution is -0.144. The summed E-state index contributed by atoms with van der Waals surface area (Å²) in [6.07, 6.45) is 6.31. The molecule has 0 heterocycles. The molecular formula is C14H25NO3. The summed E-state index contributed by atoms with van der Waals surface area (Å²) < 4.78 is 4.88. The summed E-state index contributed by atoms with van der Waals surface area (Å²) in [7, 11) is 1.44. The van der Waals surface area contributed by atoms with Crippen molar-refractivity contribution in [3.8, 4) is 0 Å². The van der Waals surface area contributed by atoms with Crippen LogP contribution in [-0.2, 0) is 9.53 Å². The van der Waals surface area contributed by atoms with Crippen molar-refractivity contribution in [2.45, 2.75) is 57.0 Å². The maximum Gasteiger partial charge on any atom is 0.323 e. The van der Waals surface area contributed by atoms with Gasteiger partial charge in [0.15, 0.2) is 0 Å². The first-order valence-electron chi connectivity index (χ1n) is 7.06. The highest BCUT2D eigenvalue weighted by atomic mass is 16.5. The van der Waals surface area contributed by atoms with Crippen LogP contribution in [0.1, 0.15) is 45.4 Å². The number of aliphatic hydroxyl groups excluding tert-OH is 1. The van der Waals surface area contributed by atoms with Gasteiger partial charge in [0.25, 0.3) is 0 Å². The molecule has 104 valence electrons. The van der Waals surface area contributed by atoms with Crippen LogP contribution in [0.5, 0.6) is 0 Å². The van der Waals surface area contributed by atoms with Crippen LogP contribution in [0.2, 0.25) is 0 Å². The molecule has 2 saturated carbocycles. The van der Waals surface area contributed by atoms with E-state index in [-0.39, 0.29) is 24.2 Å². The van der Waals surface area contributed by atoms with Gasteiger partial charge in [0.05, 0.1) is 13.7 Å². The molecule has 4 heteroatoms. The molecule has 0 aromatic carbocycles. The molecule has 0 radical (unpaired) electrons. The van der Waals surface area contributed by atoms with Crippen molar-refractivity contribution in [3.05, 3.63) is 0 Å². The van der Waals surface area contributed by atoms with Gasteiger partial charge in [0.2, 0.25) is 0 Å². The molecule has 2 aliphatic carbocycles. The molecule has 4 nitrogen and oxygen atoms in total. The van der Waals surface area contributed by atoms with Crippen LogP contribution in [0, 0.1) is 11.8 Å². The second kappa shape index (κ2) is 5.57. The molecule has 2 aliphatic rings. The lowest BCUT2D eigenvalue weighted by Gasteiger charge is -2.41. The number of rotatable bonds is 5. The Labute approximate surface area is 109 Å². The first-order chi connectivity index (χ1) is 8.60. The Morgan fingerprint density at radius 1 is 1.39 bits per heavy atom. The number of esters is 1. The number of aliphatic hydroxyl groups is 1. The number of hydrogen-bond donors (Lipinski definition) is 2. The van der Waals surface area contributed by atoms with Crippen LogP contribution in [0.25, 0.3) is 0 Å². The van der Waals surface area contributed by atoms with E-state index in [1.807, 2.05) is 0 Å². The minimum atomic E-state index is -0.270. The predicted molar refractivity (Wildman–Crippen MR) is 69.1 cm³/mol. The van der Waals surface area contributed by atoms with E-state index in [1.165, 1.54) is 7.11 Å². The zero-order valence-electron chi connectivity index (χ0n) is 11.4. The van der Waals surface area contributed by atoms with Crippen molar-refractivity contribution in [1.82, 2.24) is 5.32 Å². The molecule has 0 aromatic heterocycles. The van der Waals surface area contributed by atoms with Crippen molar-refractivity contribution in [3.63, 3.8) is 0 Å². The van der Waals surface area contributed by atoms with Gasteiger partial charge in [-0.1, -0.05) is 6.92 Å². The van der Waals surface area contributed by atoms with Crippen molar-refractivity contribution in [2.24, 2.45) is 11.8 Å². The number of ether oxygens (including phenoxy) is 1. The Morgan fingerprint density at radius 3 is 2.44 bits per heavy atom. The molecular weight excluding hydrogens is 230 g/mol. The van der Waals surface area contributed by atoms with Gasteiger partial charge in [0.1, 0.15) is 6.04 Å². The van der Waals surface area contributed by atoms with Gasteiger partial charge in [-0.2, -0.15) is 0 Å². The summed E-state index contributed by atoms with van der Waals surface area (Å²) >= 11 is 0. The lowest BCUT2D eigenvalue weighted by atomic mass is 9.77. The Kier molecular flexibility index (Phi) is 4.28. The average molecular weight is 255 g/mol. The van der Waals surface area contributed by atoms with E-state index in [0.29, 0.717) is 5.92 Å². The van der Waals surface area contributed by atoms with E-state index < -0.39 is 0 Å². The second-order valence-electron chi connectivity index (χ2n) is 6.10. The van der Waals surface area contributed by atoms with Crippen molar-refractivity contribution in [2.75, 3.05) is 13.7 Å². The number of nitrogens with one attached hydrogen (secondary N) is 1. The Balaban J connectivity index is 2.01. The van der Waals surface area contributed by atoms with E-state index >= 15 is 0 Å². The van der Waals surface area contributed by atoms with Gasteiger partial charge < -0.3 is 9.84 Å². The summed E-state index contributed by atoms with van der Waals surface area (Å²) in [5, 5.41) is 13.1. The molecule has 0 amide bonds. The fraction of sp³-hybridized carbons (Fsp3) is 0.929. The summed E-state index contributed by atoms with van der Waals surface area (Å²) in [6.45, 7) is 2.36. The van der Waals surface area contributed by atoms with Crippen molar-refractivity contribution < 1.29 is 14.6 Å². The first-order valence-corrected chi connectivity index (χ1v) is 7.06. The molecule has 1 atom stereocenters. The molecule has 0 aromatic rings. The van der Waals surface area contributed by atoms with Gasteiger partial charge >= 0.3 is 5.97 Å². The van der Waals surface area contributed by atoms with E-state index in [2.05, 4.69) is 12.2 Å². The van der Waals surface area contributed by atoms with Crippen LogP contribution < -0.4 is 5.32 Å². The Bertz CT molecular complexity index is 293. The highest BCUT2D eigenvalue weighted by molar-refractivity contribution is 5.76. The average Bonchev–Trinajstić information content (AvgIpc) is 3.22. The van der Waals surface area contributed by atoms with E-state index in [9.17, 15) is 9.90 Å². The molecule has 1 unspecified atom stereocenters. The Hall–Kier alpha value is -0.610. The van der Waals surface area contributed by atoms with Crippen LogP contribution in [0.4, 0.5) is 0 Å². The normalized spacial score (nSPS) is 34.1. The summed E-state index contributed by atoms with van der Waals surface area (Å²) in [4.78, 5) is 11.8. The zero-order valence-corrected chi connectivity index (χ0v) is 11.4. The van der Waals surface area contributed by atoms with Crippen LogP contribution in [0.15, 0.2) is 0 Å². The molecule has 2 fully saturated rings. The third-order valence-electron chi connectivity index (χ3n) is 4.54. The van der Waals surface area contributed by atoms with E-state index in [4.69, 9.17) is 4.74 Å².